The van der Waals surface area contributed by atoms with Crippen LogP contribution in [0.25, 0.3) is 10.2 Å². The molecule has 1 N–H and O–H groups in total. The molecule has 18 heavy (non-hydrogen) atoms. The van der Waals surface area contributed by atoms with Gasteiger partial charge in [0.25, 0.3) is 5.56 Å². The zero-order valence-electron chi connectivity index (χ0n) is 10.3. The number of rotatable bonds is 2. The molecule has 1 aliphatic rings. The predicted octanol–water partition coefficient (Wildman–Crippen LogP) is 3.05. The first-order chi connectivity index (χ1) is 8.69. The first kappa shape index (κ1) is 12.4. The van der Waals surface area contributed by atoms with Crippen LogP contribution in [-0.4, -0.2) is 15.3 Å². The van der Waals surface area contributed by atoms with Crippen molar-refractivity contribution < 1.29 is 0 Å². The molecule has 2 aromatic rings. The lowest BCUT2D eigenvalue weighted by molar-refractivity contribution is 0.509. The lowest BCUT2D eigenvalue weighted by Crippen LogP contribution is -2.14. The summed E-state index contributed by atoms with van der Waals surface area (Å²) in [5, 5.41) is 1.67. The van der Waals surface area contributed by atoms with Crippen LogP contribution in [0.5, 0.6) is 0 Å². The molecule has 0 saturated carbocycles. The van der Waals surface area contributed by atoms with Crippen LogP contribution < -0.4 is 5.56 Å². The number of halogens is 1. The Morgan fingerprint density at radius 3 is 3.17 bits per heavy atom. The second kappa shape index (κ2) is 4.78. The average Bonchev–Trinajstić information content (AvgIpc) is 2.66. The summed E-state index contributed by atoms with van der Waals surface area (Å²) in [6.07, 6.45) is 4.08. The number of fused-ring (bicyclic) bond motifs is 3. The van der Waals surface area contributed by atoms with E-state index in [9.17, 15) is 4.79 Å². The highest BCUT2D eigenvalue weighted by atomic mass is 79.9. The van der Waals surface area contributed by atoms with E-state index >= 15 is 0 Å². The van der Waals surface area contributed by atoms with Gasteiger partial charge in [-0.2, -0.15) is 0 Å². The third-order valence-electron chi connectivity index (χ3n) is 3.55. The molecule has 0 saturated heterocycles. The molecule has 0 spiro atoms. The fourth-order valence-electron chi connectivity index (χ4n) is 2.60. The minimum Gasteiger partial charge on any atom is -0.310 e. The zero-order valence-corrected chi connectivity index (χ0v) is 12.7. The number of alkyl halides is 1. The lowest BCUT2D eigenvalue weighted by atomic mass is 9.89. The molecule has 5 heteroatoms. The topological polar surface area (TPSA) is 45.8 Å². The number of aromatic nitrogens is 2. The van der Waals surface area contributed by atoms with E-state index in [1.165, 1.54) is 16.9 Å². The minimum atomic E-state index is 0.0444. The van der Waals surface area contributed by atoms with Crippen molar-refractivity contribution in [2.75, 3.05) is 5.33 Å². The maximum absolute atomic E-state index is 12.2. The van der Waals surface area contributed by atoms with Crippen molar-refractivity contribution in [3.05, 3.63) is 26.6 Å². The van der Waals surface area contributed by atoms with Crippen molar-refractivity contribution in [3.8, 4) is 0 Å². The van der Waals surface area contributed by atoms with Gasteiger partial charge in [0.1, 0.15) is 10.7 Å². The van der Waals surface area contributed by atoms with Crippen LogP contribution in [0.1, 0.15) is 29.6 Å². The van der Waals surface area contributed by atoms with Gasteiger partial charge in [0.15, 0.2) is 0 Å². The molecule has 0 bridgehead atoms. The fourth-order valence-corrected chi connectivity index (χ4v) is 4.38. The number of hydrogen-bond donors (Lipinski definition) is 1. The quantitative estimate of drug-likeness (QED) is 0.862. The Morgan fingerprint density at radius 2 is 2.39 bits per heavy atom. The van der Waals surface area contributed by atoms with E-state index < -0.39 is 0 Å². The molecule has 0 fully saturated rings. The Morgan fingerprint density at radius 1 is 1.56 bits per heavy atom. The second-order valence-corrected chi connectivity index (χ2v) is 6.86. The highest BCUT2D eigenvalue weighted by Gasteiger charge is 2.22. The van der Waals surface area contributed by atoms with E-state index in [2.05, 4.69) is 32.8 Å². The van der Waals surface area contributed by atoms with E-state index in [4.69, 9.17) is 0 Å². The maximum Gasteiger partial charge on any atom is 0.259 e. The summed E-state index contributed by atoms with van der Waals surface area (Å²) in [6.45, 7) is 2.28. The number of hydrogen-bond acceptors (Lipinski definition) is 3. The molecule has 0 amide bonds. The first-order valence-electron chi connectivity index (χ1n) is 6.28. The number of nitrogens with one attached hydrogen (secondary N) is 1. The molecular formula is C13H15BrN2OS. The van der Waals surface area contributed by atoms with E-state index in [0.717, 1.165) is 46.6 Å². The first-order valence-corrected chi connectivity index (χ1v) is 8.22. The predicted molar refractivity (Wildman–Crippen MR) is 78.9 cm³/mol. The molecule has 1 aliphatic carbocycles. The van der Waals surface area contributed by atoms with Gasteiger partial charge >= 0.3 is 0 Å². The summed E-state index contributed by atoms with van der Waals surface area (Å²) in [5.41, 5.74) is 1.30. The molecular weight excluding hydrogens is 312 g/mol. The smallest absolute Gasteiger partial charge is 0.259 e. The van der Waals surface area contributed by atoms with E-state index in [1.54, 1.807) is 11.3 Å². The van der Waals surface area contributed by atoms with Gasteiger partial charge in [0.2, 0.25) is 0 Å². The van der Waals surface area contributed by atoms with Gasteiger partial charge in [-0.05, 0) is 30.7 Å². The summed E-state index contributed by atoms with van der Waals surface area (Å²) in [5.74, 6) is 1.52. The third kappa shape index (κ3) is 2.03. The van der Waals surface area contributed by atoms with Crippen LogP contribution in [0, 0.1) is 5.92 Å². The molecule has 2 aromatic heterocycles. The number of aryl methyl sites for hydroxylation is 2. The van der Waals surface area contributed by atoms with Crippen LogP contribution in [0.4, 0.5) is 0 Å². The van der Waals surface area contributed by atoms with Crippen LogP contribution >= 0.6 is 27.3 Å². The standard InChI is InChI=1S/C13H15BrN2OS/c1-7-2-3-8-9(6-7)18-13-11(8)12(17)15-10(16-13)4-5-14/h7H,2-6H2,1H3,(H,15,16,17). The molecule has 1 atom stereocenters. The Hall–Kier alpha value is -0.680. The van der Waals surface area contributed by atoms with E-state index in [-0.39, 0.29) is 5.56 Å². The minimum absolute atomic E-state index is 0.0444. The number of H-pyrrole nitrogens is 1. The van der Waals surface area contributed by atoms with E-state index in [1.807, 2.05) is 0 Å². The van der Waals surface area contributed by atoms with Gasteiger partial charge in [-0.25, -0.2) is 4.98 Å². The molecule has 2 heterocycles. The molecule has 0 aliphatic heterocycles. The number of nitrogens with zero attached hydrogens (tertiary/aromatic N) is 1. The summed E-state index contributed by atoms with van der Waals surface area (Å²) in [6, 6.07) is 0. The van der Waals surface area contributed by atoms with Crippen molar-refractivity contribution in [1.29, 1.82) is 0 Å². The molecule has 1 unspecified atom stereocenters. The van der Waals surface area contributed by atoms with Gasteiger partial charge < -0.3 is 4.98 Å². The Kier molecular flexibility index (Phi) is 3.28. The van der Waals surface area contributed by atoms with E-state index in [0.29, 0.717) is 0 Å². The summed E-state index contributed by atoms with van der Waals surface area (Å²) in [7, 11) is 0. The normalized spacial score (nSPS) is 19.1. The van der Waals surface area contributed by atoms with Gasteiger partial charge in [0, 0.05) is 16.6 Å². The highest BCUT2D eigenvalue weighted by Crippen LogP contribution is 2.35. The van der Waals surface area contributed by atoms with Crippen LogP contribution in [0.2, 0.25) is 0 Å². The Labute approximate surface area is 118 Å². The van der Waals surface area contributed by atoms with Crippen molar-refractivity contribution in [2.45, 2.75) is 32.6 Å². The summed E-state index contributed by atoms with van der Waals surface area (Å²) >= 11 is 5.09. The fraction of sp³-hybridized carbons (Fsp3) is 0.538. The second-order valence-electron chi connectivity index (χ2n) is 4.98. The SMILES string of the molecule is CC1CCc2c(sc3nc(CCBr)[nH]c(=O)c23)C1. The van der Waals surface area contributed by atoms with Gasteiger partial charge in [-0.1, -0.05) is 22.9 Å². The maximum atomic E-state index is 12.2. The molecule has 3 nitrogen and oxygen atoms in total. The van der Waals surface area contributed by atoms with Crippen molar-refractivity contribution in [3.63, 3.8) is 0 Å². The molecule has 96 valence electrons. The largest absolute Gasteiger partial charge is 0.310 e. The number of aromatic amines is 1. The molecule has 3 rings (SSSR count). The van der Waals surface area contributed by atoms with Crippen molar-refractivity contribution >= 4 is 37.5 Å². The van der Waals surface area contributed by atoms with Crippen LogP contribution in [0.3, 0.4) is 0 Å². The number of thiophene rings is 1. The Bertz CT molecular complexity index is 646. The van der Waals surface area contributed by atoms with Crippen molar-refractivity contribution in [2.24, 2.45) is 5.92 Å². The monoisotopic (exact) mass is 326 g/mol. The summed E-state index contributed by atoms with van der Waals surface area (Å²) < 4.78 is 0. The van der Waals surface area contributed by atoms with Gasteiger partial charge in [-0.15, -0.1) is 11.3 Å². The lowest BCUT2D eigenvalue weighted by Gasteiger charge is -2.17. The van der Waals surface area contributed by atoms with Gasteiger partial charge in [-0.3, -0.25) is 4.79 Å². The average molecular weight is 327 g/mol. The van der Waals surface area contributed by atoms with Crippen LogP contribution in [0.15, 0.2) is 4.79 Å². The highest BCUT2D eigenvalue weighted by molar-refractivity contribution is 9.09. The Balaban J connectivity index is 2.19. The van der Waals surface area contributed by atoms with Crippen LogP contribution in [-0.2, 0) is 19.3 Å². The van der Waals surface area contributed by atoms with Crippen molar-refractivity contribution in [1.82, 2.24) is 9.97 Å². The van der Waals surface area contributed by atoms with Gasteiger partial charge in [0.05, 0.1) is 5.39 Å². The molecule has 0 aromatic carbocycles. The summed E-state index contributed by atoms with van der Waals surface area (Å²) in [4.78, 5) is 22.0. The molecule has 0 radical (unpaired) electrons. The third-order valence-corrected chi connectivity index (χ3v) is 5.09. The zero-order chi connectivity index (χ0) is 12.7.